The fourth-order valence-electron chi connectivity index (χ4n) is 0.952. The van der Waals surface area contributed by atoms with Gasteiger partial charge >= 0.3 is 0 Å². The van der Waals surface area contributed by atoms with E-state index >= 15 is 0 Å². The summed E-state index contributed by atoms with van der Waals surface area (Å²) in [6.45, 7) is 2.28. The molecule has 1 aromatic heterocycles. The fraction of sp³-hybridized carbons (Fsp3) is 0.714. The minimum atomic E-state index is 0.0861. The molecule has 6 heteroatoms. The Morgan fingerprint density at radius 3 is 2.77 bits per heavy atom. The number of nitrogens with zero attached hydrogens (tertiary/aromatic N) is 5. The number of carbonyl (C=O) groups excluding carboxylic acids is 1. The molecule has 1 amide bonds. The lowest BCUT2D eigenvalue weighted by atomic mass is 10.4. The Morgan fingerprint density at radius 2 is 2.31 bits per heavy atom. The lowest BCUT2D eigenvalue weighted by Crippen LogP contribution is -2.26. The first kappa shape index (κ1) is 9.63. The van der Waals surface area contributed by atoms with Gasteiger partial charge in [-0.3, -0.25) is 4.79 Å². The molecule has 0 aromatic carbocycles. The number of aryl methyl sites for hydroxylation is 1. The van der Waals surface area contributed by atoms with E-state index in [1.807, 2.05) is 6.92 Å². The van der Waals surface area contributed by atoms with Gasteiger partial charge in [-0.25, -0.2) is 4.68 Å². The molecule has 72 valence electrons. The average Bonchev–Trinajstić information content (AvgIpc) is 2.50. The van der Waals surface area contributed by atoms with Crippen molar-refractivity contribution in [3.8, 4) is 0 Å². The maximum Gasteiger partial charge on any atom is 0.222 e. The van der Waals surface area contributed by atoms with Crippen molar-refractivity contribution in [1.82, 2.24) is 25.1 Å². The third kappa shape index (κ3) is 2.24. The SMILES string of the molecule is CCC(=O)N(C)Cc1nnnn1C. The van der Waals surface area contributed by atoms with Gasteiger partial charge in [-0.1, -0.05) is 6.92 Å². The molecule has 0 fully saturated rings. The molecule has 1 rings (SSSR count). The number of tetrazole rings is 1. The Bertz CT molecular complexity index is 295. The molecule has 0 aliphatic carbocycles. The minimum absolute atomic E-state index is 0.0861. The maximum atomic E-state index is 11.2. The summed E-state index contributed by atoms with van der Waals surface area (Å²) >= 11 is 0. The van der Waals surface area contributed by atoms with Crippen LogP contribution >= 0.6 is 0 Å². The van der Waals surface area contributed by atoms with E-state index in [1.165, 1.54) is 0 Å². The molecule has 0 radical (unpaired) electrons. The van der Waals surface area contributed by atoms with E-state index in [0.29, 0.717) is 18.8 Å². The van der Waals surface area contributed by atoms with Crippen molar-refractivity contribution in [3.05, 3.63) is 5.82 Å². The molecule has 0 N–H and O–H groups in total. The Labute approximate surface area is 76.5 Å². The van der Waals surface area contributed by atoms with E-state index in [9.17, 15) is 4.79 Å². The number of amides is 1. The Balaban J connectivity index is 2.59. The van der Waals surface area contributed by atoms with Gasteiger partial charge in [-0.2, -0.15) is 0 Å². The van der Waals surface area contributed by atoms with Crippen LogP contribution in [0.15, 0.2) is 0 Å². The highest BCUT2D eigenvalue weighted by Crippen LogP contribution is 1.97. The average molecular weight is 183 g/mol. The van der Waals surface area contributed by atoms with E-state index in [4.69, 9.17) is 0 Å². The molecular formula is C7H13N5O. The molecule has 0 unspecified atom stereocenters. The zero-order chi connectivity index (χ0) is 9.84. The first-order valence-corrected chi connectivity index (χ1v) is 4.10. The normalized spacial score (nSPS) is 10.1. The molecule has 0 saturated heterocycles. The maximum absolute atomic E-state index is 11.2. The Morgan fingerprint density at radius 1 is 1.62 bits per heavy atom. The van der Waals surface area contributed by atoms with Crippen LogP contribution < -0.4 is 0 Å². The van der Waals surface area contributed by atoms with Gasteiger partial charge in [0.1, 0.15) is 0 Å². The molecule has 0 aliphatic heterocycles. The third-order valence-corrected chi connectivity index (χ3v) is 1.81. The van der Waals surface area contributed by atoms with Gasteiger partial charge in [0.15, 0.2) is 5.82 Å². The van der Waals surface area contributed by atoms with Crippen LogP contribution in [0, 0.1) is 0 Å². The molecule has 0 saturated carbocycles. The summed E-state index contributed by atoms with van der Waals surface area (Å²) in [4.78, 5) is 12.8. The zero-order valence-electron chi connectivity index (χ0n) is 8.06. The van der Waals surface area contributed by atoms with Crippen LogP contribution in [-0.4, -0.2) is 38.1 Å². The summed E-state index contributed by atoms with van der Waals surface area (Å²) in [6, 6.07) is 0. The molecular weight excluding hydrogens is 170 g/mol. The van der Waals surface area contributed by atoms with Crippen LogP contribution in [-0.2, 0) is 18.4 Å². The summed E-state index contributed by atoms with van der Waals surface area (Å²) in [5.74, 6) is 0.771. The molecule has 6 nitrogen and oxygen atoms in total. The van der Waals surface area contributed by atoms with E-state index in [1.54, 1.807) is 23.7 Å². The highest BCUT2D eigenvalue weighted by molar-refractivity contribution is 5.75. The van der Waals surface area contributed by atoms with Gasteiger partial charge in [0.2, 0.25) is 5.91 Å². The summed E-state index contributed by atoms with van der Waals surface area (Å²) in [5.41, 5.74) is 0. The zero-order valence-corrected chi connectivity index (χ0v) is 8.06. The van der Waals surface area contributed by atoms with E-state index in [-0.39, 0.29) is 5.91 Å². The van der Waals surface area contributed by atoms with Gasteiger partial charge < -0.3 is 4.90 Å². The number of hydrogen-bond donors (Lipinski definition) is 0. The van der Waals surface area contributed by atoms with Crippen LogP contribution in [0.4, 0.5) is 0 Å². The van der Waals surface area contributed by atoms with Crippen molar-refractivity contribution in [2.75, 3.05) is 7.05 Å². The number of hydrogen-bond acceptors (Lipinski definition) is 4. The smallest absolute Gasteiger partial charge is 0.222 e. The lowest BCUT2D eigenvalue weighted by molar-refractivity contribution is -0.130. The first-order valence-electron chi connectivity index (χ1n) is 4.10. The van der Waals surface area contributed by atoms with E-state index in [0.717, 1.165) is 0 Å². The van der Waals surface area contributed by atoms with Gasteiger partial charge in [0.05, 0.1) is 6.54 Å². The quantitative estimate of drug-likeness (QED) is 0.638. The number of aromatic nitrogens is 4. The molecule has 0 spiro atoms. The summed E-state index contributed by atoms with van der Waals surface area (Å²) in [7, 11) is 3.49. The molecule has 0 aliphatic rings. The summed E-state index contributed by atoms with van der Waals surface area (Å²) in [6.07, 6.45) is 0.502. The minimum Gasteiger partial charge on any atom is -0.338 e. The van der Waals surface area contributed by atoms with Crippen molar-refractivity contribution < 1.29 is 4.79 Å². The van der Waals surface area contributed by atoms with Crippen molar-refractivity contribution in [1.29, 1.82) is 0 Å². The lowest BCUT2D eigenvalue weighted by Gasteiger charge is -2.14. The molecule has 1 heterocycles. The van der Waals surface area contributed by atoms with Crippen LogP contribution in [0.1, 0.15) is 19.2 Å². The predicted octanol–water partition coefficient (Wildman–Crippen LogP) is -0.422. The second kappa shape index (κ2) is 3.97. The van der Waals surface area contributed by atoms with Gasteiger partial charge in [0.25, 0.3) is 0 Å². The van der Waals surface area contributed by atoms with Crippen LogP contribution in [0.5, 0.6) is 0 Å². The third-order valence-electron chi connectivity index (χ3n) is 1.81. The van der Waals surface area contributed by atoms with Crippen molar-refractivity contribution >= 4 is 5.91 Å². The Kier molecular flexibility index (Phi) is 2.94. The highest BCUT2D eigenvalue weighted by Gasteiger charge is 2.10. The summed E-state index contributed by atoms with van der Waals surface area (Å²) < 4.78 is 1.56. The van der Waals surface area contributed by atoms with Gasteiger partial charge in [-0.05, 0) is 10.4 Å². The van der Waals surface area contributed by atoms with Gasteiger partial charge in [-0.15, -0.1) is 5.10 Å². The van der Waals surface area contributed by atoms with E-state index < -0.39 is 0 Å². The first-order chi connectivity index (χ1) is 6.15. The van der Waals surface area contributed by atoms with Crippen molar-refractivity contribution in [2.24, 2.45) is 7.05 Å². The number of carbonyl (C=O) groups is 1. The molecule has 0 bridgehead atoms. The monoisotopic (exact) mass is 183 g/mol. The highest BCUT2D eigenvalue weighted by atomic mass is 16.2. The van der Waals surface area contributed by atoms with Crippen molar-refractivity contribution in [3.63, 3.8) is 0 Å². The topological polar surface area (TPSA) is 63.9 Å². The standard InChI is InChI=1S/C7H13N5O/c1-4-7(13)11(2)5-6-8-9-10-12(6)3/h4-5H2,1-3H3. The van der Waals surface area contributed by atoms with Gasteiger partial charge in [0, 0.05) is 20.5 Å². The molecule has 13 heavy (non-hydrogen) atoms. The van der Waals surface area contributed by atoms with Crippen LogP contribution in [0.3, 0.4) is 0 Å². The second-order valence-corrected chi connectivity index (χ2v) is 2.82. The van der Waals surface area contributed by atoms with Crippen molar-refractivity contribution in [2.45, 2.75) is 19.9 Å². The van der Waals surface area contributed by atoms with Crippen LogP contribution in [0.25, 0.3) is 0 Å². The molecule has 1 aromatic rings. The molecule has 0 atom stereocenters. The number of rotatable bonds is 3. The summed E-state index contributed by atoms with van der Waals surface area (Å²) in [5, 5.41) is 10.9. The largest absolute Gasteiger partial charge is 0.338 e. The Hall–Kier alpha value is -1.46. The van der Waals surface area contributed by atoms with E-state index in [2.05, 4.69) is 15.5 Å². The predicted molar refractivity (Wildman–Crippen MR) is 45.6 cm³/mol. The second-order valence-electron chi connectivity index (χ2n) is 2.82. The fourth-order valence-corrected chi connectivity index (χ4v) is 0.952. The van der Waals surface area contributed by atoms with Crippen LogP contribution in [0.2, 0.25) is 0 Å².